The molecule has 1 heterocycles. The minimum absolute atomic E-state index is 0.292. The zero-order chi connectivity index (χ0) is 24.0. The fourth-order valence-electron chi connectivity index (χ4n) is 4.02. The van der Waals surface area contributed by atoms with Crippen LogP contribution in [0.5, 0.6) is 11.5 Å². The summed E-state index contributed by atoms with van der Waals surface area (Å²) in [6.07, 6.45) is 0.718. The molecule has 7 heteroatoms. The molecule has 0 saturated carbocycles. The van der Waals surface area contributed by atoms with Gasteiger partial charge in [0, 0.05) is 12.5 Å². The van der Waals surface area contributed by atoms with Crippen LogP contribution in [0.3, 0.4) is 0 Å². The van der Waals surface area contributed by atoms with E-state index in [2.05, 4.69) is 5.32 Å². The van der Waals surface area contributed by atoms with Crippen LogP contribution in [0.25, 0.3) is 0 Å². The number of rotatable bonds is 8. The van der Waals surface area contributed by atoms with Crippen molar-refractivity contribution < 1.29 is 28.5 Å². The fourth-order valence-corrected chi connectivity index (χ4v) is 4.02. The van der Waals surface area contributed by atoms with Crippen molar-refractivity contribution in [2.75, 3.05) is 14.2 Å². The molecule has 1 N–H and O–H groups in total. The molecule has 1 fully saturated rings. The van der Waals surface area contributed by atoms with Crippen LogP contribution in [0, 0.1) is 5.92 Å². The Morgan fingerprint density at radius 3 is 2.39 bits per heavy atom. The third kappa shape index (κ3) is 6.88. The van der Waals surface area contributed by atoms with Gasteiger partial charge in [0.1, 0.15) is 11.7 Å². The Kier molecular flexibility index (Phi) is 7.84. The van der Waals surface area contributed by atoms with Crippen LogP contribution in [0.15, 0.2) is 48.5 Å². The van der Waals surface area contributed by atoms with Crippen LogP contribution in [0.2, 0.25) is 0 Å². The van der Waals surface area contributed by atoms with Crippen LogP contribution >= 0.6 is 0 Å². The molecule has 7 nitrogen and oxygen atoms in total. The molecule has 2 aromatic carbocycles. The predicted molar refractivity (Wildman–Crippen MR) is 125 cm³/mol. The van der Waals surface area contributed by atoms with Crippen LogP contribution in [0.4, 0.5) is 4.79 Å². The van der Waals surface area contributed by atoms with Gasteiger partial charge in [-0.1, -0.05) is 36.4 Å². The van der Waals surface area contributed by atoms with Crippen molar-refractivity contribution >= 4 is 12.1 Å². The molecule has 33 heavy (non-hydrogen) atoms. The Hall–Kier alpha value is -3.22. The zero-order valence-corrected chi connectivity index (χ0v) is 19.9. The summed E-state index contributed by atoms with van der Waals surface area (Å²) >= 11 is 0. The van der Waals surface area contributed by atoms with E-state index >= 15 is 0 Å². The second-order valence-electron chi connectivity index (χ2n) is 9.24. The average Bonchev–Trinajstić information content (AvgIpc) is 3.12. The van der Waals surface area contributed by atoms with Gasteiger partial charge in [0.15, 0.2) is 11.5 Å². The van der Waals surface area contributed by atoms with Crippen molar-refractivity contribution in [3.63, 3.8) is 0 Å². The predicted octanol–water partition coefficient (Wildman–Crippen LogP) is 4.31. The lowest BCUT2D eigenvalue weighted by atomic mass is 9.89. The molecule has 0 radical (unpaired) electrons. The molecule has 0 spiro atoms. The molecule has 0 aromatic heterocycles. The van der Waals surface area contributed by atoms with Crippen molar-refractivity contribution in [2.45, 2.75) is 57.8 Å². The summed E-state index contributed by atoms with van der Waals surface area (Å²) in [4.78, 5) is 25.4. The summed E-state index contributed by atoms with van der Waals surface area (Å²) < 4.78 is 21.8. The van der Waals surface area contributed by atoms with Crippen LogP contribution < -0.4 is 14.8 Å². The van der Waals surface area contributed by atoms with Crippen LogP contribution in [-0.4, -0.2) is 44.0 Å². The molecule has 2 aromatic rings. The first-order chi connectivity index (χ1) is 15.7. The zero-order valence-electron chi connectivity index (χ0n) is 19.9. The largest absolute Gasteiger partial charge is 0.493 e. The number of esters is 1. The van der Waals surface area contributed by atoms with Crippen LogP contribution in [-0.2, 0) is 27.1 Å². The van der Waals surface area contributed by atoms with E-state index in [4.69, 9.17) is 18.9 Å². The monoisotopic (exact) mass is 455 g/mol. The van der Waals surface area contributed by atoms with Crippen molar-refractivity contribution in [3.05, 3.63) is 59.7 Å². The van der Waals surface area contributed by atoms with Gasteiger partial charge in [-0.3, -0.25) is 4.79 Å². The second kappa shape index (κ2) is 10.6. The highest BCUT2D eigenvalue weighted by molar-refractivity contribution is 5.77. The van der Waals surface area contributed by atoms with Crippen molar-refractivity contribution in [3.8, 4) is 11.5 Å². The number of ether oxygens (including phenoxy) is 4. The lowest BCUT2D eigenvalue weighted by Crippen LogP contribution is -2.45. The minimum Gasteiger partial charge on any atom is -0.493 e. The van der Waals surface area contributed by atoms with Crippen molar-refractivity contribution in [2.24, 2.45) is 5.92 Å². The summed E-state index contributed by atoms with van der Waals surface area (Å²) in [6.45, 7) is 5.42. The quantitative estimate of drug-likeness (QED) is 0.597. The number of benzene rings is 2. The van der Waals surface area contributed by atoms with Gasteiger partial charge in [0.2, 0.25) is 0 Å². The number of hydrogen-bond donors (Lipinski definition) is 1. The van der Waals surface area contributed by atoms with E-state index in [1.54, 1.807) is 14.2 Å². The first-order valence-electron chi connectivity index (χ1n) is 11.1. The van der Waals surface area contributed by atoms with E-state index in [0.29, 0.717) is 30.8 Å². The Morgan fingerprint density at radius 1 is 1.06 bits per heavy atom. The van der Waals surface area contributed by atoms with E-state index in [9.17, 15) is 9.59 Å². The highest BCUT2D eigenvalue weighted by Crippen LogP contribution is 2.32. The van der Waals surface area contributed by atoms with Crippen LogP contribution in [0.1, 0.15) is 38.3 Å². The molecular weight excluding hydrogens is 422 g/mol. The Bertz CT molecular complexity index is 953. The summed E-state index contributed by atoms with van der Waals surface area (Å²) in [6, 6.07) is 15.0. The van der Waals surface area contributed by atoms with E-state index in [1.165, 1.54) is 0 Å². The number of cyclic esters (lactones) is 1. The highest BCUT2D eigenvalue weighted by Gasteiger charge is 2.41. The Morgan fingerprint density at radius 2 is 1.76 bits per heavy atom. The first-order valence-corrected chi connectivity index (χ1v) is 11.1. The molecule has 0 bridgehead atoms. The second-order valence-corrected chi connectivity index (χ2v) is 9.24. The van der Waals surface area contributed by atoms with Crippen molar-refractivity contribution in [1.29, 1.82) is 0 Å². The third-order valence-corrected chi connectivity index (χ3v) is 5.50. The van der Waals surface area contributed by atoms with E-state index in [1.807, 2.05) is 69.3 Å². The summed E-state index contributed by atoms with van der Waals surface area (Å²) in [7, 11) is 3.18. The molecule has 1 saturated heterocycles. The molecule has 178 valence electrons. The van der Waals surface area contributed by atoms with Gasteiger partial charge in [-0.2, -0.15) is 0 Å². The first kappa shape index (κ1) is 24.4. The van der Waals surface area contributed by atoms with E-state index in [0.717, 1.165) is 11.1 Å². The molecule has 1 aliphatic heterocycles. The SMILES string of the molecule is COc1ccc(C[C@@H]2C[C@H]([C@H](Cc3ccccc3)NC(=O)OC(C)(C)C)C(=O)O2)cc1OC. The number of nitrogens with one attached hydrogen (secondary N) is 1. The third-order valence-electron chi connectivity index (χ3n) is 5.50. The van der Waals surface area contributed by atoms with Gasteiger partial charge in [-0.15, -0.1) is 0 Å². The fraction of sp³-hybridized carbons (Fsp3) is 0.462. The number of alkyl carbamates (subject to hydrolysis) is 1. The van der Waals surface area contributed by atoms with Gasteiger partial charge in [0.05, 0.1) is 20.1 Å². The standard InChI is InChI=1S/C26H33NO6/c1-26(2,3)33-25(29)27-21(14-17-9-7-6-8-10-17)20-16-19(32-24(20)28)13-18-11-12-22(30-4)23(15-18)31-5/h6-12,15,19-21H,13-14,16H2,1-5H3,(H,27,29)/t19-,20-,21+/m1/s1. The van der Waals surface area contributed by atoms with Crippen molar-refractivity contribution in [1.82, 2.24) is 5.32 Å². The smallest absolute Gasteiger partial charge is 0.407 e. The van der Waals surface area contributed by atoms with Gasteiger partial charge < -0.3 is 24.3 Å². The maximum Gasteiger partial charge on any atom is 0.407 e. The molecule has 0 unspecified atom stereocenters. The number of carbonyl (C=O) groups excluding carboxylic acids is 2. The lowest BCUT2D eigenvalue weighted by Gasteiger charge is -2.26. The van der Waals surface area contributed by atoms with Gasteiger partial charge in [-0.05, 0) is 56.9 Å². The lowest BCUT2D eigenvalue weighted by molar-refractivity contribution is -0.144. The Labute approximate surface area is 195 Å². The molecule has 3 rings (SSSR count). The normalized spacial score (nSPS) is 18.9. The average molecular weight is 456 g/mol. The number of amides is 1. The van der Waals surface area contributed by atoms with Gasteiger partial charge in [0.25, 0.3) is 0 Å². The van der Waals surface area contributed by atoms with E-state index in [-0.39, 0.29) is 12.1 Å². The summed E-state index contributed by atoms with van der Waals surface area (Å²) in [5.74, 6) is 0.497. The van der Waals surface area contributed by atoms with Gasteiger partial charge in [-0.25, -0.2) is 4.79 Å². The summed E-state index contributed by atoms with van der Waals surface area (Å²) in [5, 5.41) is 2.91. The maximum absolute atomic E-state index is 12.8. The molecule has 1 aliphatic rings. The number of methoxy groups -OCH3 is 2. The Balaban J connectivity index is 1.73. The topological polar surface area (TPSA) is 83.1 Å². The molecular formula is C26H33NO6. The molecule has 1 amide bonds. The van der Waals surface area contributed by atoms with Gasteiger partial charge >= 0.3 is 12.1 Å². The number of carbonyl (C=O) groups is 2. The molecule has 0 aliphatic carbocycles. The number of hydrogen-bond acceptors (Lipinski definition) is 6. The maximum atomic E-state index is 12.8. The molecule has 3 atom stereocenters. The minimum atomic E-state index is -0.631. The van der Waals surface area contributed by atoms with E-state index < -0.39 is 23.7 Å². The highest BCUT2D eigenvalue weighted by atomic mass is 16.6. The summed E-state index contributed by atoms with van der Waals surface area (Å²) in [5.41, 5.74) is 1.37.